The van der Waals surface area contributed by atoms with Crippen LogP contribution in [-0.2, 0) is 10.1 Å². The van der Waals surface area contributed by atoms with E-state index in [1.165, 1.54) is 11.8 Å². The summed E-state index contributed by atoms with van der Waals surface area (Å²) in [5.41, 5.74) is 0. The molecule has 0 amide bonds. The predicted octanol–water partition coefficient (Wildman–Crippen LogP) is -2.71. The number of rotatable bonds is 4. The van der Waals surface area contributed by atoms with Gasteiger partial charge in [0.1, 0.15) is 0 Å². The van der Waals surface area contributed by atoms with E-state index in [0.29, 0.717) is 6.42 Å². The van der Waals surface area contributed by atoms with Crippen molar-refractivity contribution in [3.05, 3.63) is 0 Å². The standard InChI is InChI=1S/C4H10O3S2.Na/c1-8-3-2-4-9(5,6)7;/h2-4H2,1H3,(H,5,6,7);/q;+1/p-1. The molecule has 0 aliphatic rings. The van der Waals surface area contributed by atoms with E-state index in [1.807, 2.05) is 6.26 Å². The molecule has 0 unspecified atom stereocenters. The maximum atomic E-state index is 9.94. The van der Waals surface area contributed by atoms with E-state index in [4.69, 9.17) is 0 Å². The van der Waals surface area contributed by atoms with Crippen molar-refractivity contribution in [1.82, 2.24) is 0 Å². The van der Waals surface area contributed by atoms with Crippen molar-refractivity contribution >= 4 is 21.9 Å². The van der Waals surface area contributed by atoms with Crippen molar-refractivity contribution in [2.75, 3.05) is 17.8 Å². The molecule has 0 bridgehead atoms. The second kappa shape index (κ2) is 6.94. The van der Waals surface area contributed by atoms with Crippen molar-refractivity contribution in [1.29, 1.82) is 0 Å². The van der Waals surface area contributed by atoms with Crippen LogP contribution in [0.25, 0.3) is 0 Å². The molecule has 0 fully saturated rings. The van der Waals surface area contributed by atoms with Gasteiger partial charge in [-0.15, -0.1) is 0 Å². The largest absolute Gasteiger partial charge is 1.00 e. The van der Waals surface area contributed by atoms with Gasteiger partial charge in [0.25, 0.3) is 0 Å². The maximum Gasteiger partial charge on any atom is 1.00 e. The Balaban J connectivity index is 0. The van der Waals surface area contributed by atoms with E-state index in [-0.39, 0.29) is 35.3 Å². The fourth-order valence-electron chi connectivity index (χ4n) is 0.380. The summed E-state index contributed by atoms with van der Waals surface area (Å²) in [6.07, 6.45) is 2.34. The van der Waals surface area contributed by atoms with Crippen LogP contribution in [0.5, 0.6) is 0 Å². The number of hydrogen-bond donors (Lipinski definition) is 0. The average Bonchev–Trinajstić information content (AvgIpc) is 1.63. The summed E-state index contributed by atoms with van der Waals surface area (Å²) in [4.78, 5) is 0. The summed E-state index contributed by atoms with van der Waals surface area (Å²) in [6.45, 7) is 0. The zero-order valence-corrected chi connectivity index (χ0v) is 9.80. The van der Waals surface area contributed by atoms with E-state index in [1.54, 1.807) is 0 Å². The van der Waals surface area contributed by atoms with E-state index in [9.17, 15) is 13.0 Å². The minimum absolute atomic E-state index is 0. The molecular weight excluding hydrogens is 183 g/mol. The first-order chi connectivity index (χ1) is 4.06. The van der Waals surface area contributed by atoms with E-state index < -0.39 is 10.1 Å². The van der Waals surface area contributed by atoms with Crippen LogP contribution in [-0.4, -0.2) is 30.7 Å². The quantitative estimate of drug-likeness (QED) is 0.276. The van der Waals surface area contributed by atoms with Gasteiger partial charge in [-0.25, -0.2) is 8.42 Å². The van der Waals surface area contributed by atoms with Gasteiger partial charge in [0.2, 0.25) is 0 Å². The van der Waals surface area contributed by atoms with Gasteiger partial charge in [-0.2, -0.15) is 11.8 Å². The van der Waals surface area contributed by atoms with Gasteiger partial charge < -0.3 is 4.55 Å². The van der Waals surface area contributed by atoms with Crippen molar-refractivity contribution in [3.8, 4) is 0 Å². The fourth-order valence-corrected chi connectivity index (χ4v) is 1.49. The Morgan fingerprint density at radius 1 is 1.50 bits per heavy atom. The molecule has 0 aliphatic heterocycles. The zero-order chi connectivity index (χ0) is 7.33. The minimum atomic E-state index is -3.96. The second-order valence-electron chi connectivity index (χ2n) is 1.61. The van der Waals surface area contributed by atoms with Crippen LogP contribution in [0.2, 0.25) is 0 Å². The monoisotopic (exact) mass is 192 g/mol. The fraction of sp³-hybridized carbons (Fsp3) is 1.00. The molecule has 0 rings (SSSR count). The van der Waals surface area contributed by atoms with E-state index >= 15 is 0 Å². The summed E-state index contributed by atoms with van der Waals surface area (Å²) in [5, 5.41) is 0. The molecule has 0 N–H and O–H groups in total. The Hall–Kier alpha value is 1.26. The van der Waals surface area contributed by atoms with Crippen molar-refractivity contribution in [2.24, 2.45) is 0 Å². The Kier molecular flexibility index (Phi) is 9.59. The molecule has 0 saturated carbocycles. The van der Waals surface area contributed by atoms with Crippen LogP contribution in [0, 0.1) is 0 Å². The molecule has 0 heterocycles. The first-order valence-corrected chi connectivity index (χ1v) is 5.46. The Labute approximate surface area is 88.0 Å². The topological polar surface area (TPSA) is 57.2 Å². The smallest absolute Gasteiger partial charge is 0.748 e. The van der Waals surface area contributed by atoms with Crippen molar-refractivity contribution in [2.45, 2.75) is 6.42 Å². The summed E-state index contributed by atoms with van der Waals surface area (Å²) in [7, 11) is -3.96. The van der Waals surface area contributed by atoms with Crippen molar-refractivity contribution < 1.29 is 42.5 Å². The predicted molar refractivity (Wildman–Crippen MR) is 37.6 cm³/mol. The first-order valence-electron chi connectivity index (χ1n) is 2.49. The van der Waals surface area contributed by atoms with Gasteiger partial charge in [-0.05, 0) is 18.4 Å². The van der Waals surface area contributed by atoms with Crippen LogP contribution in [0.1, 0.15) is 6.42 Å². The van der Waals surface area contributed by atoms with Gasteiger partial charge in [0, 0.05) is 5.75 Å². The number of hydrogen-bond acceptors (Lipinski definition) is 4. The molecule has 0 radical (unpaired) electrons. The third kappa shape index (κ3) is 12.0. The summed E-state index contributed by atoms with van der Waals surface area (Å²) in [5.74, 6) is 0.509. The Bertz CT molecular complexity index is 154. The molecule has 0 aromatic carbocycles. The molecule has 6 heteroatoms. The summed E-state index contributed by atoms with van der Waals surface area (Å²) >= 11 is 1.54. The minimum Gasteiger partial charge on any atom is -0.748 e. The molecule has 3 nitrogen and oxygen atoms in total. The molecule has 0 aromatic rings. The molecule has 10 heavy (non-hydrogen) atoms. The van der Waals surface area contributed by atoms with Gasteiger partial charge in [-0.1, -0.05) is 0 Å². The molecule has 0 spiro atoms. The Morgan fingerprint density at radius 3 is 2.30 bits per heavy atom. The second-order valence-corrected chi connectivity index (χ2v) is 4.12. The van der Waals surface area contributed by atoms with Crippen LogP contribution in [0.4, 0.5) is 0 Å². The zero-order valence-electron chi connectivity index (χ0n) is 6.16. The third-order valence-electron chi connectivity index (χ3n) is 0.743. The number of thioether (sulfide) groups is 1. The molecule has 0 atom stereocenters. The third-order valence-corrected chi connectivity index (χ3v) is 2.23. The van der Waals surface area contributed by atoms with Crippen LogP contribution in [0.3, 0.4) is 0 Å². The maximum absolute atomic E-state index is 9.94. The SMILES string of the molecule is CSCCCS(=O)(=O)[O-].[Na+]. The van der Waals surface area contributed by atoms with Crippen LogP contribution in [0.15, 0.2) is 0 Å². The van der Waals surface area contributed by atoms with Gasteiger partial charge in [0.15, 0.2) is 0 Å². The van der Waals surface area contributed by atoms with E-state index in [2.05, 4.69) is 0 Å². The van der Waals surface area contributed by atoms with Gasteiger partial charge >= 0.3 is 29.6 Å². The van der Waals surface area contributed by atoms with Crippen LogP contribution < -0.4 is 29.6 Å². The van der Waals surface area contributed by atoms with Gasteiger partial charge in [-0.3, -0.25) is 0 Å². The molecule has 0 aliphatic carbocycles. The Morgan fingerprint density at radius 2 is 2.00 bits per heavy atom. The summed E-state index contributed by atoms with van der Waals surface area (Å²) in [6, 6.07) is 0. The first kappa shape index (κ1) is 13.8. The molecular formula is C4H9NaO3S2. The molecule has 56 valence electrons. The summed E-state index contributed by atoms with van der Waals surface area (Å²) < 4.78 is 29.8. The normalized spacial score (nSPS) is 10.6. The van der Waals surface area contributed by atoms with Crippen LogP contribution >= 0.6 is 11.8 Å². The van der Waals surface area contributed by atoms with Crippen molar-refractivity contribution in [3.63, 3.8) is 0 Å². The average molecular weight is 192 g/mol. The van der Waals surface area contributed by atoms with Gasteiger partial charge in [0.05, 0.1) is 10.1 Å². The molecule has 0 aromatic heterocycles. The molecule has 0 saturated heterocycles. The van der Waals surface area contributed by atoms with E-state index in [0.717, 1.165) is 5.75 Å².